The molecular weight excluding hydrogens is 427 g/mol. The van der Waals surface area contributed by atoms with Gasteiger partial charge in [-0.05, 0) is 43.2 Å². The average Bonchev–Trinajstić information content (AvgIpc) is 2.80. The zero-order valence-electron chi connectivity index (χ0n) is 18.8. The fourth-order valence-corrected chi connectivity index (χ4v) is 3.63. The summed E-state index contributed by atoms with van der Waals surface area (Å²) in [5, 5.41) is 7.96. The Labute approximate surface area is 191 Å². The molecule has 33 heavy (non-hydrogen) atoms. The molecule has 0 saturated carbocycles. The third kappa shape index (κ3) is 5.49. The molecule has 0 aliphatic carbocycles. The number of hydrogen-bond donors (Lipinski definition) is 3. The number of benzene rings is 2. The molecule has 1 heterocycles. The summed E-state index contributed by atoms with van der Waals surface area (Å²) in [4.78, 5) is 39.3. The molecule has 3 N–H and O–H groups in total. The molecule has 0 bridgehead atoms. The van der Waals surface area contributed by atoms with Gasteiger partial charge in [0.2, 0.25) is 0 Å². The van der Waals surface area contributed by atoms with Crippen LogP contribution in [-0.4, -0.2) is 36.6 Å². The first-order chi connectivity index (χ1) is 15.8. The second kappa shape index (κ2) is 10.6. The van der Waals surface area contributed by atoms with Crippen molar-refractivity contribution in [2.75, 3.05) is 24.3 Å². The van der Waals surface area contributed by atoms with Crippen LogP contribution in [0, 0.1) is 5.82 Å². The number of unbranched alkanes of at least 4 members (excludes halogenated alkanes) is 1. The first-order valence-electron chi connectivity index (χ1n) is 10.6. The van der Waals surface area contributed by atoms with Crippen LogP contribution in [-0.2, 0) is 9.53 Å². The lowest BCUT2D eigenvalue weighted by atomic mass is 9.94. The minimum absolute atomic E-state index is 0.0457. The van der Waals surface area contributed by atoms with Gasteiger partial charge in [-0.25, -0.2) is 18.8 Å². The zero-order valence-corrected chi connectivity index (χ0v) is 18.8. The van der Waals surface area contributed by atoms with Crippen LogP contribution in [0.25, 0.3) is 0 Å². The summed E-state index contributed by atoms with van der Waals surface area (Å²) in [6.07, 6.45) is 1.69. The highest BCUT2D eigenvalue weighted by Crippen LogP contribution is 2.32. The molecule has 2 aromatic rings. The van der Waals surface area contributed by atoms with Crippen LogP contribution in [0.15, 0.2) is 59.8 Å². The van der Waals surface area contributed by atoms with E-state index in [-0.39, 0.29) is 11.7 Å². The Balaban J connectivity index is 1.86. The first-order valence-corrected chi connectivity index (χ1v) is 10.6. The Morgan fingerprint density at radius 1 is 1.15 bits per heavy atom. The largest absolute Gasteiger partial charge is 0.466 e. The summed E-state index contributed by atoms with van der Waals surface area (Å²) in [7, 11) is 1.29. The normalized spacial score (nSPS) is 15.7. The van der Waals surface area contributed by atoms with Crippen molar-refractivity contribution in [3.63, 3.8) is 0 Å². The highest BCUT2D eigenvalue weighted by atomic mass is 19.1. The molecule has 174 valence electrons. The summed E-state index contributed by atoms with van der Waals surface area (Å²) >= 11 is 0. The van der Waals surface area contributed by atoms with Crippen molar-refractivity contribution in [1.29, 1.82) is 0 Å². The number of rotatable bonds is 7. The second-order valence-electron chi connectivity index (χ2n) is 7.56. The van der Waals surface area contributed by atoms with E-state index in [1.165, 1.54) is 30.2 Å². The van der Waals surface area contributed by atoms with Crippen molar-refractivity contribution in [1.82, 2.24) is 10.2 Å². The molecule has 8 nitrogen and oxygen atoms in total. The van der Waals surface area contributed by atoms with Crippen molar-refractivity contribution < 1.29 is 23.5 Å². The zero-order chi connectivity index (χ0) is 24.0. The van der Waals surface area contributed by atoms with Crippen molar-refractivity contribution in [2.24, 2.45) is 0 Å². The summed E-state index contributed by atoms with van der Waals surface area (Å²) in [6.45, 7) is 4.22. The standard InChI is InChI=1S/C24H27FN4O4/c1-4-5-13-29-15(2)20(22(30)33-3)21(28-24(29)32)16-9-8-10-17(14-16)26-23(31)27-19-12-7-6-11-18(19)25/h6-12,14,21H,4-5,13H2,1-3H3,(H,28,32)(H2,26,27,31). The van der Waals surface area contributed by atoms with Gasteiger partial charge in [0.15, 0.2) is 0 Å². The van der Waals surface area contributed by atoms with E-state index in [1.54, 1.807) is 37.3 Å². The predicted octanol–water partition coefficient (Wildman–Crippen LogP) is 4.78. The second-order valence-corrected chi connectivity index (χ2v) is 7.56. The van der Waals surface area contributed by atoms with Gasteiger partial charge in [0, 0.05) is 17.9 Å². The van der Waals surface area contributed by atoms with Crippen LogP contribution in [0.4, 0.5) is 25.4 Å². The number of ether oxygens (including phenoxy) is 1. The summed E-state index contributed by atoms with van der Waals surface area (Å²) in [6, 6.07) is 10.9. The molecule has 1 unspecified atom stereocenters. The number of halogens is 1. The summed E-state index contributed by atoms with van der Waals surface area (Å²) in [5.41, 5.74) is 1.89. The predicted molar refractivity (Wildman–Crippen MR) is 123 cm³/mol. The van der Waals surface area contributed by atoms with Gasteiger partial charge in [-0.1, -0.05) is 37.6 Å². The van der Waals surface area contributed by atoms with Gasteiger partial charge in [-0.3, -0.25) is 4.90 Å². The number of anilines is 2. The number of para-hydroxylation sites is 1. The van der Waals surface area contributed by atoms with Gasteiger partial charge in [0.25, 0.3) is 0 Å². The molecule has 1 atom stereocenters. The number of nitrogens with zero attached hydrogens (tertiary/aromatic N) is 1. The lowest BCUT2D eigenvalue weighted by molar-refractivity contribution is -0.136. The molecule has 0 saturated heterocycles. The molecule has 0 fully saturated rings. The van der Waals surface area contributed by atoms with Crippen LogP contribution in [0.2, 0.25) is 0 Å². The van der Waals surface area contributed by atoms with E-state index >= 15 is 0 Å². The summed E-state index contributed by atoms with van der Waals surface area (Å²) in [5.74, 6) is -1.10. The molecule has 9 heteroatoms. The van der Waals surface area contributed by atoms with Crippen LogP contribution in [0.5, 0.6) is 0 Å². The Kier molecular flexibility index (Phi) is 7.66. The Morgan fingerprint density at radius 3 is 2.61 bits per heavy atom. The number of carbonyl (C=O) groups excluding carboxylic acids is 3. The molecule has 0 aromatic heterocycles. The molecule has 1 aliphatic heterocycles. The smallest absolute Gasteiger partial charge is 0.337 e. The van der Waals surface area contributed by atoms with E-state index in [0.29, 0.717) is 29.1 Å². The van der Waals surface area contributed by atoms with Gasteiger partial charge in [0.05, 0.1) is 24.4 Å². The molecule has 2 aromatic carbocycles. The molecular formula is C24H27FN4O4. The fraction of sp³-hybridized carbons (Fsp3) is 0.292. The van der Waals surface area contributed by atoms with E-state index in [2.05, 4.69) is 16.0 Å². The highest BCUT2D eigenvalue weighted by molar-refractivity contribution is 6.00. The summed E-state index contributed by atoms with van der Waals surface area (Å²) < 4.78 is 18.8. The number of esters is 1. The Hall–Kier alpha value is -3.88. The SMILES string of the molecule is CCCCN1C(=O)NC(c2cccc(NC(=O)Nc3ccccc3F)c2)C(C(=O)OC)=C1C. The number of amides is 4. The van der Waals surface area contributed by atoms with Gasteiger partial charge >= 0.3 is 18.0 Å². The number of nitrogens with one attached hydrogen (secondary N) is 3. The van der Waals surface area contributed by atoms with Crippen molar-refractivity contribution in [3.8, 4) is 0 Å². The van der Waals surface area contributed by atoms with Crippen LogP contribution >= 0.6 is 0 Å². The van der Waals surface area contributed by atoms with Crippen molar-refractivity contribution in [2.45, 2.75) is 32.7 Å². The Bertz CT molecular complexity index is 1090. The van der Waals surface area contributed by atoms with E-state index < -0.39 is 23.9 Å². The van der Waals surface area contributed by atoms with Gasteiger partial charge in [0.1, 0.15) is 5.82 Å². The number of allylic oxidation sites excluding steroid dienone is 1. The molecule has 1 aliphatic rings. The van der Waals surface area contributed by atoms with Gasteiger partial charge in [-0.2, -0.15) is 0 Å². The lowest BCUT2D eigenvalue weighted by Gasteiger charge is -2.35. The van der Waals surface area contributed by atoms with E-state index in [0.717, 1.165) is 12.8 Å². The Morgan fingerprint density at radius 2 is 1.91 bits per heavy atom. The van der Waals surface area contributed by atoms with E-state index in [4.69, 9.17) is 4.74 Å². The molecule has 0 radical (unpaired) electrons. The van der Waals surface area contributed by atoms with Crippen LogP contribution in [0.3, 0.4) is 0 Å². The van der Waals surface area contributed by atoms with Crippen LogP contribution < -0.4 is 16.0 Å². The number of urea groups is 2. The van der Waals surface area contributed by atoms with E-state index in [9.17, 15) is 18.8 Å². The fourth-order valence-electron chi connectivity index (χ4n) is 3.63. The van der Waals surface area contributed by atoms with E-state index in [1.807, 2.05) is 6.92 Å². The van der Waals surface area contributed by atoms with Crippen molar-refractivity contribution in [3.05, 3.63) is 71.2 Å². The third-order valence-corrected chi connectivity index (χ3v) is 5.34. The average molecular weight is 455 g/mol. The molecule has 4 amide bonds. The quantitative estimate of drug-likeness (QED) is 0.524. The highest BCUT2D eigenvalue weighted by Gasteiger charge is 2.36. The lowest BCUT2D eigenvalue weighted by Crippen LogP contribution is -2.48. The molecule has 0 spiro atoms. The topological polar surface area (TPSA) is 99.8 Å². The van der Waals surface area contributed by atoms with Gasteiger partial charge in [-0.15, -0.1) is 0 Å². The first kappa shape index (κ1) is 23.8. The minimum Gasteiger partial charge on any atom is -0.466 e. The van der Waals surface area contributed by atoms with Crippen LogP contribution in [0.1, 0.15) is 38.3 Å². The number of carbonyl (C=O) groups is 3. The monoisotopic (exact) mass is 454 g/mol. The van der Waals surface area contributed by atoms with Crippen molar-refractivity contribution >= 4 is 29.4 Å². The maximum absolute atomic E-state index is 13.8. The number of methoxy groups -OCH3 is 1. The molecule has 3 rings (SSSR count). The maximum atomic E-state index is 13.8. The third-order valence-electron chi connectivity index (χ3n) is 5.34. The van der Waals surface area contributed by atoms with Gasteiger partial charge < -0.3 is 20.7 Å². The number of hydrogen-bond acceptors (Lipinski definition) is 4. The minimum atomic E-state index is -0.751. The maximum Gasteiger partial charge on any atom is 0.337 e.